The van der Waals surface area contributed by atoms with E-state index in [2.05, 4.69) is 5.32 Å². The van der Waals surface area contributed by atoms with Crippen molar-refractivity contribution in [1.29, 1.82) is 0 Å². The molecule has 2 rings (SSSR count). The fourth-order valence-corrected chi connectivity index (χ4v) is 1.88. The van der Waals surface area contributed by atoms with E-state index in [1.165, 1.54) is 0 Å². The molecular formula is C9H17ClN2O2. The minimum atomic E-state index is -0.0909. The first-order valence-corrected chi connectivity index (χ1v) is 4.98. The first kappa shape index (κ1) is 11.8. The molecule has 4 nitrogen and oxygen atoms in total. The number of morpholine rings is 1. The predicted molar refractivity (Wildman–Crippen MR) is 55.7 cm³/mol. The van der Waals surface area contributed by atoms with Gasteiger partial charge in [-0.1, -0.05) is 0 Å². The summed E-state index contributed by atoms with van der Waals surface area (Å²) in [6.07, 6.45) is 2.30. The van der Waals surface area contributed by atoms with Gasteiger partial charge in [-0.25, -0.2) is 0 Å². The predicted octanol–water partition coefficient (Wildman–Crippen LogP) is 0.0190. The lowest BCUT2D eigenvalue weighted by Gasteiger charge is -2.27. The largest absolute Gasteiger partial charge is 0.378 e. The molecule has 82 valence electrons. The van der Waals surface area contributed by atoms with Crippen LogP contribution in [0, 0.1) is 0 Å². The Bertz CT molecular complexity index is 189. The van der Waals surface area contributed by atoms with Crippen LogP contribution in [-0.2, 0) is 9.53 Å². The van der Waals surface area contributed by atoms with Gasteiger partial charge >= 0.3 is 0 Å². The molecular weight excluding hydrogens is 204 g/mol. The third kappa shape index (κ3) is 2.59. The van der Waals surface area contributed by atoms with E-state index in [-0.39, 0.29) is 24.4 Å². The lowest BCUT2D eigenvalue weighted by atomic mass is 10.2. The first-order valence-electron chi connectivity index (χ1n) is 4.98. The normalized spacial score (nSPS) is 27.1. The molecule has 0 unspecified atom stereocenters. The van der Waals surface area contributed by atoms with Gasteiger partial charge in [-0.15, -0.1) is 12.4 Å². The van der Waals surface area contributed by atoms with Crippen molar-refractivity contribution in [3.63, 3.8) is 0 Å². The van der Waals surface area contributed by atoms with Crippen molar-refractivity contribution < 1.29 is 9.53 Å². The van der Waals surface area contributed by atoms with E-state index >= 15 is 0 Å². The zero-order valence-electron chi connectivity index (χ0n) is 8.20. The quantitative estimate of drug-likeness (QED) is 0.678. The minimum Gasteiger partial charge on any atom is -0.378 e. The molecule has 2 saturated heterocycles. The average Bonchev–Trinajstić information content (AvgIpc) is 2.71. The van der Waals surface area contributed by atoms with E-state index in [0.29, 0.717) is 6.61 Å². The molecule has 2 aliphatic heterocycles. The number of nitrogens with one attached hydrogen (secondary N) is 1. The third-order valence-electron chi connectivity index (χ3n) is 2.64. The Morgan fingerprint density at radius 3 is 2.64 bits per heavy atom. The summed E-state index contributed by atoms with van der Waals surface area (Å²) in [4.78, 5) is 13.7. The van der Waals surface area contributed by atoms with Crippen molar-refractivity contribution in [2.45, 2.75) is 18.9 Å². The van der Waals surface area contributed by atoms with E-state index < -0.39 is 0 Å². The van der Waals surface area contributed by atoms with Crippen LogP contribution in [0.15, 0.2) is 0 Å². The number of halogens is 1. The number of nitrogens with zero attached hydrogens (tertiary/aromatic N) is 1. The second-order valence-corrected chi connectivity index (χ2v) is 3.61. The fourth-order valence-electron chi connectivity index (χ4n) is 1.88. The summed E-state index contributed by atoms with van der Waals surface area (Å²) in [5, 5.41) is 3.18. The molecule has 2 heterocycles. The van der Waals surface area contributed by atoms with Gasteiger partial charge in [0.2, 0.25) is 5.91 Å². The third-order valence-corrected chi connectivity index (χ3v) is 2.64. The highest BCUT2D eigenvalue weighted by molar-refractivity contribution is 5.85. The van der Waals surface area contributed by atoms with E-state index in [1.54, 1.807) is 0 Å². The smallest absolute Gasteiger partial charge is 0.242 e. The van der Waals surface area contributed by atoms with E-state index in [1.807, 2.05) is 4.90 Å². The summed E-state index contributed by atoms with van der Waals surface area (Å²) in [6.45, 7) is 3.91. The Kier molecular flexibility index (Phi) is 4.65. The molecule has 0 aromatic rings. The summed E-state index contributed by atoms with van der Waals surface area (Å²) in [7, 11) is 0. The molecule has 0 spiro atoms. The van der Waals surface area contributed by atoms with Crippen molar-refractivity contribution in [2.24, 2.45) is 0 Å². The number of hydrogen-bond acceptors (Lipinski definition) is 3. The highest BCUT2D eigenvalue weighted by Gasteiger charge is 2.27. The maximum Gasteiger partial charge on any atom is 0.242 e. The Hall–Kier alpha value is -0.320. The molecule has 1 N–H and O–H groups in total. The lowest BCUT2D eigenvalue weighted by Crippen LogP contribution is -2.51. The van der Waals surface area contributed by atoms with E-state index in [0.717, 1.165) is 39.1 Å². The molecule has 1 amide bonds. The Morgan fingerprint density at radius 2 is 2.07 bits per heavy atom. The molecule has 14 heavy (non-hydrogen) atoms. The van der Waals surface area contributed by atoms with Gasteiger partial charge in [-0.05, 0) is 12.8 Å². The minimum absolute atomic E-state index is 0. The summed E-state index contributed by atoms with van der Waals surface area (Å²) >= 11 is 0. The van der Waals surface area contributed by atoms with Crippen LogP contribution in [0.5, 0.6) is 0 Å². The monoisotopic (exact) mass is 220 g/mol. The second-order valence-electron chi connectivity index (χ2n) is 3.61. The van der Waals surface area contributed by atoms with Crippen LogP contribution in [0.4, 0.5) is 0 Å². The van der Waals surface area contributed by atoms with Gasteiger partial charge in [0.25, 0.3) is 0 Å². The van der Waals surface area contributed by atoms with E-state index in [9.17, 15) is 4.79 Å². The number of amides is 1. The average molecular weight is 221 g/mol. The zero-order chi connectivity index (χ0) is 9.10. The zero-order valence-corrected chi connectivity index (χ0v) is 9.02. The number of carbonyl (C=O) groups excluding carboxylic acids is 1. The van der Waals surface area contributed by atoms with Crippen molar-refractivity contribution in [1.82, 2.24) is 10.2 Å². The molecule has 0 radical (unpaired) electrons. The van der Waals surface area contributed by atoms with Crippen molar-refractivity contribution in [3.05, 3.63) is 0 Å². The molecule has 2 fully saturated rings. The SMILES string of the molecule is Cl.O=C([C@H]1COCCN1)N1CCCC1. The van der Waals surface area contributed by atoms with Crippen molar-refractivity contribution in [2.75, 3.05) is 32.8 Å². The van der Waals surface area contributed by atoms with Gasteiger partial charge < -0.3 is 15.0 Å². The van der Waals surface area contributed by atoms with E-state index in [4.69, 9.17) is 4.74 Å². The number of rotatable bonds is 1. The van der Waals surface area contributed by atoms with Gasteiger partial charge in [0, 0.05) is 19.6 Å². The number of ether oxygens (including phenoxy) is 1. The van der Waals surface area contributed by atoms with Crippen LogP contribution in [-0.4, -0.2) is 49.7 Å². The highest BCUT2D eigenvalue weighted by Crippen LogP contribution is 2.09. The molecule has 0 aliphatic carbocycles. The standard InChI is InChI=1S/C9H16N2O2.ClH/c12-9(11-4-1-2-5-11)8-7-13-6-3-10-8;/h8,10H,1-7H2;1H/t8-;/m1./s1. The molecule has 0 saturated carbocycles. The van der Waals surface area contributed by atoms with Crippen LogP contribution in [0.1, 0.15) is 12.8 Å². The molecule has 2 aliphatic rings. The highest BCUT2D eigenvalue weighted by atomic mass is 35.5. The van der Waals surface area contributed by atoms with Gasteiger partial charge in [0.05, 0.1) is 13.2 Å². The van der Waals surface area contributed by atoms with Crippen LogP contribution in [0.2, 0.25) is 0 Å². The summed E-state index contributed by atoms with van der Waals surface area (Å²) in [6, 6.07) is -0.0909. The van der Waals surface area contributed by atoms with Gasteiger partial charge in [0.1, 0.15) is 6.04 Å². The number of carbonyl (C=O) groups is 1. The molecule has 5 heteroatoms. The summed E-state index contributed by atoms with van der Waals surface area (Å²) < 4.78 is 5.25. The van der Waals surface area contributed by atoms with Crippen molar-refractivity contribution in [3.8, 4) is 0 Å². The van der Waals surface area contributed by atoms with Gasteiger partial charge in [-0.3, -0.25) is 4.79 Å². The second kappa shape index (κ2) is 5.53. The van der Waals surface area contributed by atoms with Gasteiger partial charge in [-0.2, -0.15) is 0 Å². The maximum atomic E-state index is 11.8. The molecule has 0 aromatic heterocycles. The lowest BCUT2D eigenvalue weighted by molar-refractivity contribution is -0.135. The van der Waals surface area contributed by atoms with Crippen LogP contribution in [0.25, 0.3) is 0 Å². The van der Waals surface area contributed by atoms with Crippen molar-refractivity contribution >= 4 is 18.3 Å². The first-order chi connectivity index (χ1) is 6.38. The Morgan fingerprint density at radius 1 is 1.36 bits per heavy atom. The number of hydrogen-bond donors (Lipinski definition) is 1. The van der Waals surface area contributed by atoms with Gasteiger partial charge in [0.15, 0.2) is 0 Å². The van der Waals surface area contributed by atoms with Crippen LogP contribution < -0.4 is 5.32 Å². The fraction of sp³-hybridized carbons (Fsp3) is 0.889. The Labute approximate surface area is 90.4 Å². The topological polar surface area (TPSA) is 41.6 Å². The molecule has 0 bridgehead atoms. The summed E-state index contributed by atoms with van der Waals surface area (Å²) in [5.41, 5.74) is 0. The summed E-state index contributed by atoms with van der Waals surface area (Å²) in [5.74, 6) is 0.220. The van der Waals surface area contributed by atoms with Crippen LogP contribution >= 0.6 is 12.4 Å². The Balaban J connectivity index is 0.000000980. The molecule has 0 aromatic carbocycles. The number of likely N-dealkylation sites (tertiary alicyclic amines) is 1. The van der Waals surface area contributed by atoms with Crippen LogP contribution in [0.3, 0.4) is 0 Å². The molecule has 1 atom stereocenters. The maximum absolute atomic E-state index is 11.8.